The van der Waals surface area contributed by atoms with Crippen molar-refractivity contribution in [2.45, 2.75) is 27.2 Å². The summed E-state index contributed by atoms with van der Waals surface area (Å²) in [4.78, 5) is 9.25. The number of hydrogen-bond donors (Lipinski definition) is 0. The molecule has 0 aliphatic carbocycles. The lowest BCUT2D eigenvalue weighted by Crippen LogP contribution is -1.99. The lowest BCUT2D eigenvalue weighted by Gasteiger charge is -2.09. The predicted molar refractivity (Wildman–Crippen MR) is 95.4 cm³/mol. The summed E-state index contributed by atoms with van der Waals surface area (Å²) in [5.41, 5.74) is 6.04. The van der Waals surface area contributed by atoms with E-state index in [1.165, 1.54) is 5.56 Å². The summed E-state index contributed by atoms with van der Waals surface area (Å²) in [6, 6.07) is 10.4. The molecule has 0 spiro atoms. The van der Waals surface area contributed by atoms with Gasteiger partial charge >= 0.3 is 0 Å². The van der Waals surface area contributed by atoms with Crippen LogP contribution in [0.1, 0.15) is 37.4 Å². The van der Waals surface area contributed by atoms with Gasteiger partial charge in [-0.15, -0.1) is 0 Å². The zero-order valence-corrected chi connectivity index (χ0v) is 13.6. The summed E-state index contributed by atoms with van der Waals surface area (Å²) in [5.74, 6) is 0.631. The Hall–Kier alpha value is -2.48. The first kappa shape index (κ1) is 15.9. The smallest absolute Gasteiger partial charge is 0.159 e. The van der Waals surface area contributed by atoms with Gasteiger partial charge in [0.05, 0.1) is 11.4 Å². The predicted octanol–water partition coefficient (Wildman–Crippen LogP) is 5.46. The van der Waals surface area contributed by atoms with Crippen LogP contribution in [-0.2, 0) is 0 Å². The highest BCUT2D eigenvalue weighted by Crippen LogP contribution is 2.24. The Morgan fingerprint density at radius 2 is 1.86 bits per heavy atom. The fourth-order valence-electron chi connectivity index (χ4n) is 2.17. The summed E-state index contributed by atoms with van der Waals surface area (Å²) in [5, 5.41) is 0. The largest absolute Gasteiger partial charge is 0.228 e. The molecule has 0 unspecified atom stereocenters. The van der Waals surface area contributed by atoms with Gasteiger partial charge in [-0.1, -0.05) is 62.1 Å². The van der Waals surface area contributed by atoms with Crippen molar-refractivity contribution in [2.75, 3.05) is 0 Å². The van der Waals surface area contributed by atoms with Gasteiger partial charge < -0.3 is 0 Å². The van der Waals surface area contributed by atoms with E-state index in [0.29, 0.717) is 5.82 Å². The van der Waals surface area contributed by atoms with E-state index in [0.717, 1.165) is 34.5 Å². The quantitative estimate of drug-likeness (QED) is 0.683. The molecule has 2 heteroatoms. The molecule has 22 heavy (non-hydrogen) atoms. The van der Waals surface area contributed by atoms with Gasteiger partial charge in [0.25, 0.3) is 0 Å². The topological polar surface area (TPSA) is 25.8 Å². The average molecular weight is 290 g/mol. The molecule has 0 amide bonds. The number of aryl methyl sites for hydroxylation is 1. The van der Waals surface area contributed by atoms with Crippen molar-refractivity contribution < 1.29 is 0 Å². The van der Waals surface area contributed by atoms with E-state index >= 15 is 0 Å². The Morgan fingerprint density at radius 1 is 1.18 bits per heavy atom. The highest BCUT2D eigenvalue weighted by Gasteiger charge is 2.09. The minimum atomic E-state index is 0.631. The van der Waals surface area contributed by atoms with Crippen molar-refractivity contribution in [2.24, 2.45) is 0 Å². The summed E-state index contributed by atoms with van der Waals surface area (Å²) in [6.07, 6.45) is 4.84. The molecule has 0 aliphatic rings. The molecule has 0 fully saturated rings. The monoisotopic (exact) mass is 290 g/mol. The van der Waals surface area contributed by atoms with Gasteiger partial charge in [-0.3, -0.25) is 0 Å². The normalized spacial score (nSPS) is 11.3. The number of nitrogens with zero attached hydrogens (tertiary/aromatic N) is 2. The van der Waals surface area contributed by atoms with Crippen LogP contribution in [0.2, 0.25) is 0 Å². The van der Waals surface area contributed by atoms with Crippen molar-refractivity contribution >= 4 is 11.1 Å². The first-order chi connectivity index (χ1) is 10.5. The van der Waals surface area contributed by atoms with Crippen molar-refractivity contribution in [1.29, 1.82) is 0 Å². The van der Waals surface area contributed by atoms with Crippen LogP contribution in [0.4, 0.5) is 0 Å². The van der Waals surface area contributed by atoms with Crippen molar-refractivity contribution in [3.05, 3.63) is 72.7 Å². The SMILES string of the molecule is C=CC(=C)c1nc(/C(C)=C/CC)cc(-c2ccc(C)cc2)n1. The van der Waals surface area contributed by atoms with Gasteiger partial charge in [-0.05, 0) is 31.9 Å². The van der Waals surface area contributed by atoms with Crippen molar-refractivity contribution in [3.63, 3.8) is 0 Å². The van der Waals surface area contributed by atoms with Crippen LogP contribution in [0, 0.1) is 6.92 Å². The van der Waals surface area contributed by atoms with Gasteiger partial charge in [0, 0.05) is 11.1 Å². The first-order valence-electron chi connectivity index (χ1n) is 7.50. The van der Waals surface area contributed by atoms with E-state index in [4.69, 9.17) is 0 Å². The van der Waals surface area contributed by atoms with Crippen LogP contribution in [0.15, 0.2) is 55.6 Å². The molecule has 2 nitrogen and oxygen atoms in total. The van der Waals surface area contributed by atoms with Crippen molar-refractivity contribution in [1.82, 2.24) is 9.97 Å². The summed E-state index contributed by atoms with van der Waals surface area (Å²) in [7, 11) is 0. The fourth-order valence-corrected chi connectivity index (χ4v) is 2.17. The molecular weight excluding hydrogens is 268 g/mol. The lowest BCUT2D eigenvalue weighted by atomic mass is 10.1. The van der Waals surface area contributed by atoms with E-state index in [-0.39, 0.29) is 0 Å². The molecule has 0 N–H and O–H groups in total. The number of allylic oxidation sites excluding steroid dienone is 4. The van der Waals surface area contributed by atoms with Gasteiger partial charge in [-0.25, -0.2) is 9.97 Å². The van der Waals surface area contributed by atoms with E-state index in [2.05, 4.69) is 74.2 Å². The second-order valence-corrected chi connectivity index (χ2v) is 5.35. The maximum absolute atomic E-state index is 4.64. The van der Waals surface area contributed by atoms with Gasteiger partial charge in [0.15, 0.2) is 5.82 Å². The zero-order chi connectivity index (χ0) is 16.1. The maximum Gasteiger partial charge on any atom is 0.159 e. The number of rotatable bonds is 5. The molecule has 1 heterocycles. The van der Waals surface area contributed by atoms with Crippen LogP contribution < -0.4 is 0 Å². The van der Waals surface area contributed by atoms with Gasteiger partial charge in [-0.2, -0.15) is 0 Å². The van der Waals surface area contributed by atoms with E-state index in [1.54, 1.807) is 6.08 Å². The van der Waals surface area contributed by atoms with Crippen LogP contribution in [-0.4, -0.2) is 9.97 Å². The highest BCUT2D eigenvalue weighted by molar-refractivity contribution is 5.73. The molecule has 0 saturated carbocycles. The molecule has 2 aromatic rings. The van der Waals surface area contributed by atoms with Crippen LogP contribution in [0.5, 0.6) is 0 Å². The molecule has 2 rings (SSSR count). The number of benzene rings is 1. The third-order valence-corrected chi connectivity index (χ3v) is 3.52. The van der Waals surface area contributed by atoms with E-state index in [9.17, 15) is 0 Å². The van der Waals surface area contributed by atoms with Gasteiger partial charge in [0.1, 0.15) is 0 Å². The fraction of sp³-hybridized carbons (Fsp3) is 0.200. The Balaban J connectivity index is 2.60. The minimum absolute atomic E-state index is 0.631. The molecule has 1 aromatic heterocycles. The molecule has 0 radical (unpaired) electrons. The number of hydrogen-bond acceptors (Lipinski definition) is 2. The van der Waals surface area contributed by atoms with E-state index in [1.807, 2.05) is 6.07 Å². The third kappa shape index (κ3) is 3.59. The first-order valence-corrected chi connectivity index (χ1v) is 7.50. The van der Waals surface area contributed by atoms with Gasteiger partial charge in [0.2, 0.25) is 0 Å². The molecular formula is C20H22N2. The zero-order valence-electron chi connectivity index (χ0n) is 13.6. The van der Waals surface area contributed by atoms with E-state index < -0.39 is 0 Å². The Morgan fingerprint density at radius 3 is 2.45 bits per heavy atom. The Labute approximate surface area is 133 Å². The van der Waals surface area contributed by atoms with Crippen LogP contribution in [0.25, 0.3) is 22.4 Å². The van der Waals surface area contributed by atoms with Crippen LogP contribution in [0.3, 0.4) is 0 Å². The maximum atomic E-state index is 4.64. The third-order valence-electron chi connectivity index (χ3n) is 3.52. The molecule has 0 bridgehead atoms. The van der Waals surface area contributed by atoms with Crippen LogP contribution >= 0.6 is 0 Å². The highest BCUT2D eigenvalue weighted by atomic mass is 14.9. The van der Waals surface area contributed by atoms with Crippen molar-refractivity contribution in [3.8, 4) is 11.3 Å². The molecule has 0 atom stereocenters. The Bertz CT molecular complexity index is 722. The molecule has 0 aliphatic heterocycles. The second-order valence-electron chi connectivity index (χ2n) is 5.35. The number of aromatic nitrogens is 2. The standard InChI is InChI=1S/C20H22N2/c1-6-8-16(5)18-13-19(17-11-9-14(3)10-12-17)22-20(21-18)15(4)7-2/h7-13H,2,4,6H2,1,3,5H3/b16-8+. The second kappa shape index (κ2) is 6.99. The molecule has 112 valence electrons. The molecule has 0 saturated heterocycles. The summed E-state index contributed by atoms with van der Waals surface area (Å²) in [6.45, 7) is 14.0. The Kier molecular flexibility index (Phi) is 5.05. The minimum Gasteiger partial charge on any atom is -0.228 e. The summed E-state index contributed by atoms with van der Waals surface area (Å²) >= 11 is 0. The summed E-state index contributed by atoms with van der Waals surface area (Å²) < 4.78 is 0. The molecule has 1 aromatic carbocycles. The average Bonchev–Trinajstić information content (AvgIpc) is 2.54. The lowest BCUT2D eigenvalue weighted by molar-refractivity contribution is 1.10.